The number of rotatable bonds is 12. The first kappa shape index (κ1) is 74.4. The fourth-order valence-electron chi connectivity index (χ4n) is 22.3. The lowest BCUT2D eigenvalue weighted by Gasteiger charge is -2.46. The van der Waals surface area contributed by atoms with Gasteiger partial charge in [0, 0.05) is 138 Å². The summed E-state index contributed by atoms with van der Waals surface area (Å²) in [5, 5.41) is 26.8. The molecule has 2 aliphatic heterocycles. The summed E-state index contributed by atoms with van der Waals surface area (Å²) in [6, 6.07) is 164. The molecule has 0 radical (unpaired) electrons. The fraction of sp³-hybridized carbons (Fsp3) is 0. The van der Waals surface area contributed by atoms with Crippen molar-refractivity contribution in [3.8, 4) is 106 Å². The van der Waals surface area contributed by atoms with Gasteiger partial charge in [0.05, 0.1) is 33.4 Å². The minimum atomic E-state index is -0.487. The second-order valence-corrected chi connectivity index (χ2v) is 35.3. The third kappa shape index (κ3) is 11.3. The molecule has 0 aliphatic carbocycles. The van der Waals surface area contributed by atoms with E-state index in [0.717, 1.165) is 260 Å². The molecule has 1 N–H and O–H groups in total. The van der Waals surface area contributed by atoms with Gasteiger partial charge in [-0.05, 0) is 151 Å². The van der Waals surface area contributed by atoms with E-state index < -0.39 is 6.71 Å². The molecule has 133 heavy (non-hydrogen) atoms. The summed E-state index contributed by atoms with van der Waals surface area (Å²) >= 11 is 0. The van der Waals surface area contributed by atoms with Gasteiger partial charge >= 0.3 is 0 Å². The van der Waals surface area contributed by atoms with Crippen molar-refractivity contribution in [2.45, 2.75) is 0 Å². The topological polar surface area (TPSA) is 76.0 Å². The number of para-hydroxylation sites is 11. The highest BCUT2D eigenvalue weighted by molar-refractivity contribution is 7.00. The Morgan fingerprint density at radius 1 is 0.203 bits per heavy atom. The third-order valence-corrected chi connectivity index (χ3v) is 28.2. The zero-order valence-electron chi connectivity index (χ0n) is 71.8. The maximum Gasteiger partial charge on any atom is 0.252 e. The SMILES string of the molecule is Oc1c(-c2ccccc2)cccc1-c1cccc(-c2cccc3c2oc2ccccc23)c1N1c2cc(-n3c4ccccc4c4ccc(-c5ccccc5)cc43)ccc2B2c3ccc(-n4c5ccccc5c5ccc(-c6ccccc6)cc54)cc3N(c3c(-c4cccc5c4oc4ccccc45)cccc3-c3cccc4c3oc3ccccc34)c3cc(-c4ccc5ccccc5c4)cc1c32. The van der Waals surface area contributed by atoms with Crippen LogP contribution in [0.1, 0.15) is 0 Å². The molecule has 2 aliphatic rings. The van der Waals surface area contributed by atoms with Gasteiger partial charge in [-0.15, -0.1) is 0 Å². The fourth-order valence-corrected chi connectivity index (χ4v) is 22.3. The summed E-state index contributed by atoms with van der Waals surface area (Å²) in [6.45, 7) is -0.487. The summed E-state index contributed by atoms with van der Waals surface area (Å²) in [4.78, 5) is 5.24. The lowest BCUT2D eigenvalue weighted by molar-refractivity contribution is 0.479. The Kier molecular flexibility index (Phi) is 16.3. The molecule has 21 aromatic carbocycles. The lowest BCUT2D eigenvalue weighted by atomic mass is 9.33. The Hall–Kier alpha value is -17.7. The van der Waals surface area contributed by atoms with E-state index in [1.807, 2.05) is 24.3 Å². The number of phenolic OH excluding ortho intramolecular Hbond substituents is 1. The van der Waals surface area contributed by atoms with Gasteiger partial charge in [-0.2, -0.15) is 0 Å². The Bertz CT molecular complexity index is 9270. The molecular formula is C124H75BN4O4. The Morgan fingerprint density at radius 3 is 1.02 bits per heavy atom. The lowest BCUT2D eigenvalue weighted by Crippen LogP contribution is -2.61. The molecule has 0 atom stereocenters. The average Bonchev–Trinajstić information content (AvgIpc) is 1.29. The molecule has 28 rings (SSSR count). The Balaban J connectivity index is 0.821. The maximum atomic E-state index is 13.9. The number of nitrogens with zero attached hydrogens (tertiary/aromatic N) is 4. The first-order chi connectivity index (χ1) is 65.9. The van der Waals surface area contributed by atoms with Crippen LogP contribution in [-0.4, -0.2) is 21.0 Å². The first-order valence-electron chi connectivity index (χ1n) is 45.5. The quantitative estimate of drug-likeness (QED) is 0.123. The second kappa shape index (κ2) is 29.2. The minimum Gasteiger partial charge on any atom is -0.507 e. The van der Waals surface area contributed by atoms with Gasteiger partial charge in [-0.25, -0.2) is 0 Å². The predicted octanol–water partition coefficient (Wildman–Crippen LogP) is 31.9. The molecule has 0 unspecified atom stereocenters. The molecule has 0 saturated heterocycles. The standard InChI is InChI=1S/C124H75BN4O4/c130-121-86(78-33-8-3-9-34-78)41-22-46-98(121)94-42-23-43-95(102-50-25-47-99-91-38-14-19-55-115(91)131-122(99)102)119(94)128-111-73-84(126-107-53-17-12-36-87(107)89-64-60-81(69-109(89)126)75-28-4-1-5-29-75)62-66-105(111)125-106-67-63-85(127-108-54-18-13-37-88(108)90-65-61-82(70-110(90)127)76-30-6-2-7-31-76)74-112(106)129(114-72-83(71-113(128)118(114)125)80-59-58-77-32-10-11-35-79(77)68-80)120-96(103-51-26-48-100-92-39-15-20-56-116(92)132-123(100)103)44-24-45-97(120)104-52-27-49-101-93-40-16-21-57-117(93)133-124(101)104/h1-74,130H. The number of aromatic hydroxyl groups is 1. The van der Waals surface area contributed by atoms with Crippen molar-refractivity contribution >= 4 is 177 Å². The highest BCUT2D eigenvalue weighted by atomic mass is 16.3. The number of hydrogen-bond acceptors (Lipinski definition) is 6. The van der Waals surface area contributed by atoms with Crippen LogP contribution in [0, 0.1) is 0 Å². The van der Waals surface area contributed by atoms with Gasteiger partial charge in [-0.3, -0.25) is 0 Å². The Labute approximate surface area is 764 Å². The van der Waals surface area contributed by atoms with Crippen LogP contribution in [0.4, 0.5) is 34.1 Å². The van der Waals surface area contributed by atoms with Crippen molar-refractivity contribution < 1.29 is 18.4 Å². The maximum absolute atomic E-state index is 13.9. The molecular weight excluding hydrogens is 1620 g/mol. The molecule has 0 fully saturated rings. The molecule has 0 amide bonds. The minimum absolute atomic E-state index is 0.155. The van der Waals surface area contributed by atoms with E-state index in [4.69, 9.17) is 13.3 Å². The van der Waals surface area contributed by atoms with E-state index >= 15 is 0 Å². The first-order valence-corrected chi connectivity index (χ1v) is 45.5. The molecule has 9 heteroatoms. The van der Waals surface area contributed by atoms with E-state index in [9.17, 15) is 5.11 Å². The van der Waals surface area contributed by atoms with Crippen LogP contribution in [0.5, 0.6) is 5.75 Å². The van der Waals surface area contributed by atoms with E-state index in [1.165, 1.54) is 0 Å². The molecule has 8 nitrogen and oxygen atoms in total. The number of benzene rings is 21. The summed E-state index contributed by atoms with van der Waals surface area (Å²) < 4.78 is 27.0. The van der Waals surface area contributed by atoms with Crippen molar-refractivity contribution in [2.75, 3.05) is 9.80 Å². The summed E-state index contributed by atoms with van der Waals surface area (Å²) in [7, 11) is 0. The van der Waals surface area contributed by atoms with Crippen LogP contribution in [-0.2, 0) is 0 Å². The normalized spacial score (nSPS) is 12.5. The van der Waals surface area contributed by atoms with Gasteiger partial charge in [0.2, 0.25) is 0 Å². The summed E-state index contributed by atoms with van der Waals surface area (Å²) in [5.74, 6) is 0.155. The summed E-state index contributed by atoms with van der Waals surface area (Å²) in [5.41, 5.74) is 34.8. The second-order valence-electron chi connectivity index (χ2n) is 35.3. The van der Waals surface area contributed by atoms with Gasteiger partial charge in [0.15, 0.2) is 0 Å². The molecule has 5 aromatic heterocycles. The zero-order valence-corrected chi connectivity index (χ0v) is 71.8. The van der Waals surface area contributed by atoms with Crippen molar-refractivity contribution in [3.63, 3.8) is 0 Å². The summed E-state index contributed by atoms with van der Waals surface area (Å²) in [6.07, 6.45) is 0. The van der Waals surface area contributed by atoms with Crippen LogP contribution in [0.25, 0.3) is 221 Å². The van der Waals surface area contributed by atoms with Crippen LogP contribution in [0.3, 0.4) is 0 Å². The zero-order chi connectivity index (χ0) is 87.2. The van der Waals surface area contributed by atoms with Crippen LogP contribution in [0.2, 0.25) is 0 Å². The molecule has 7 heterocycles. The molecule has 618 valence electrons. The molecule has 0 saturated carbocycles. The van der Waals surface area contributed by atoms with E-state index in [-0.39, 0.29) is 5.75 Å². The van der Waals surface area contributed by atoms with Gasteiger partial charge < -0.3 is 37.3 Å². The van der Waals surface area contributed by atoms with E-state index in [0.29, 0.717) is 11.1 Å². The number of furan rings is 3. The van der Waals surface area contributed by atoms with Crippen LogP contribution in [0.15, 0.2) is 462 Å². The van der Waals surface area contributed by atoms with Crippen molar-refractivity contribution in [3.05, 3.63) is 449 Å². The van der Waals surface area contributed by atoms with Gasteiger partial charge in [0.1, 0.15) is 39.2 Å². The number of anilines is 6. The highest BCUT2D eigenvalue weighted by Gasteiger charge is 2.47. The molecule has 26 aromatic rings. The predicted molar refractivity (Wildman–Crippen MR) is 554 cm³/mol. The molecule has 0 bridgehead atoms. The van der Waals surface area contributed by atoms with Crippen molar-refractivity contribution in [2.24, 2.45) is 0 Å². The largest absolute Gasteiger partial charge is 0.507 e. The monoisotopic (exact) mass is 1690 g/mol. The number of aromatic nitrogens is 2. The van der Waals surface area contributed by atoms with Crippen molar-refractivity contribution in [1.29, 1.82) is 0 Å². The van der Waals surface area contributed by atoms with Gasteiger partial charge in [0.25, 0.3) is 6.71 Å². The van der Waals surface area contributed by atoms with Crippen molar-refractivity contribution in [1.82, 2.24) is 9.13 Å². The number of fused-ring (bicyclic) bond motifs is 20. The van der Waals surface area contributed by atoms with Crippen LogP contribution >= 0.6 is 0 Å². The number of phenols is 1. The van der Waals surface area contributed by atoms with Gasteiger partial charge in [-0.1, -0.05) is 364 Å². The van der Waals surface area contributed by atoms with Crippen LogP contribution < -0.4 is 26.2 Å². The average molecular weight is 1700 g/mol. The number of hydrogen-bond donors (Lipinski definition) is 1. The Morgan fingerprint density at radius 2 is 0.549 bits per heavy atom. The van der Waals surface area contributed by atoms with E-state index in [1.54, 1.807) is 0 Å². The third-order valence-electron chi connectivity index (χ3n) is 28.2. The highest BCUT2D eigenvalue weighted by Crippen LogP contribution is 2.58. The molecule has 0 spiro atoms. The smallest absolute Gasteiger partial charge is 0.252 e. The van der Waals surface area contributed by atoms with E-state index in [2.05, 4.69) is 444 Å².